The molecule has 2 spiro atoms. The highest BCUT2D eigenvalue weighted by Crippen LogP contribution is 2.65. The van der Waals surface area contributed by atoms with Crippen LogP contribution in [-0.2, 0) is 10.8 Å². The average molecular weight is 1220 g/mol. The summed E-state index contributed by atoms with van der Waals surface area (Å²) < 4.78 is 13.8. The molecule has 0 radical (unpaired) electrons. The van der Waals surface area contributed by atoms with Gasteiger partial charge in [-0.1, -0.05) is 243 Å². The molecule has 0 saturated heterocycles. The lowest BCUT2D eigenvalue weighted by Crippen LogP contribution is -2.32. The van der Waals surface area contributed by atoms with Gasteiger partial charge in [-0.25, -0.2) is 19.9 Å². The maximum Gasteiger partial charge on any atom is 0.160 e. The van der Waals surface area contributed by atoms with Gasteiger partial charge in [-0.05, 0) is 151 Å². The second kappa shape index (κ2) is 20.1. The number of nitrogens with zero attached hydrogens (tertiary/aromatic N) is 4. The van der Waals surface area contributed by atoms with Crippen LogP contribution in [0.1, 0.15) is 89.7 Å². The third-order valence-electron chi connectivity index (χ3n) is 21.4. The van der Waals surface area contributed by atoms with E-state index in [0.29, 0.717) is 11.6 Å². The maximum atomic E-state index is 6.88. The van der Waals surface area contributed by atoms with Crippen LogP contribution in [0, 0.1) is 0 Å². The second-order valence-electron chi connectivity index (χ2n) is 26.1. The summed E-state index contributed by atoms with van der Waals surface area (Å²) in [6.45, 7) is 0. The summed E-state index contributed by atoms with van der Waals surface area (Å²) in [4.78, 5) is 22.1. The average Bonchev–Trinajstić information content (AvgIpc) is 1.26. The Morgan fingerprint density at radius 2 is 0.510 bits per heavy atom. The number of hydrogen-bond donors (Lipinski definition) is 0. The Bertz CT molecular complexity index is 5390. The van der Waals surface area contributed by atoms with Gasteiger partial charge in [0.1, 0.15) is 23.0 Å². The Labute approximate surface area is 555 Å². The van der Waals surface area contributed by atoms with E-state index in [4.69, 9.17) is 29.4 Å². The van der Waals surface area contributed by atoms with E-state index in [9.17, 15) is 0 Å². The smallest absolute Gasteiger partial charge is 0.160 e. The SMILES string of the molecule is c1ccc(-c2cc(-c3ccc4c(c3)C3(c5ccccc5O4)c4ccccc4-c4ccccc43)nc(-c3ccc4c(c3)C3c5ccccc5C4c4cc(-c5nc(-c6ccccc6)cc(-c6ccc7c(c6)C6(c8ccccc8O7)c7ccccc7-c7ccccc76)n5)ccc43)n2)cc1. The lowest BCUT2D eigenvalue weighted by Gasteiger charge is -2.42. The van der Waals surface area contributed by atoms with E-state index in [-0.39, 0.29) is 11.8 Å². The molecule has 5 aliphatic carbocycles. The molecule has 0 amide bonds. The van der Waals surface area contributed by atoms with Crippen molar-refractivity contribution in [1.29, 1.82) is 0 Å². The van der Waals surface area contributed by atoms with Crippen LogP contribution in [-0.4, -0.2) is 19.9 Å². The molecule has 15 aromatic rings. The quantitative estimate of drug-likeness (QED) is 0.165. The minimum atomic E-state index is -0.618. The standard InChI is InChI=1S/C90H54N4O2/c1-3-21-53(22-4-1)77-51-79(55-41-45-83-75(49-55)89(73-35-17-19-37-81(73)95-83)69-31-13-9-25-59(69)60-26-10-14-32-70(60)89)93-87(91-77)57-39-43-65-67(47-57)85-63-29-7-8-30-64(63)86(65)68-48-58(40-44-66(68)85)88-92-78(54-23-5-2-6-24-54)52-80(94-88)56-42-46-84-76(50-56)90(74-36-18-20-38-82(74)96-84)71-33-15-11-27-61(71)62-28-12-16-34-72(62)90/h1-52,85-86H. The zero-order valence-electron chi connectivity index (χ0n) is 51.8. The van der Waals surface area contributed by atoms with E-state index in [1.54, 1.807) is 0 Å². The summed E-state index contributed by atoms with van der Waals surface area (Å²) >= 11 is 0. The fourth-order valence-corrected chi connectivity index (χ4v) is 17.5. The normalized spacial score (nSPS) is 15.6. The van der Waals surface area contributed by atoms with Crippen molar-refractivity contribution in [2.24, 2.45) is 0 Å². The van der Waals surface area contributed by atoms with Gasteiger partial charge >= 0.3 is 0 Å². The number of rotatable bonds is 6. The summed E-state index contributed by atoms with van der Waals surface area (Å²) in [7, 11) is 0. The van der Waals surface area contributed by atoms with Crippen LogP contribution in [0.2, 0.25) is 0 Å². The van der Waals surface area contributed by atoms with Gasteiger partial charge < -0.3 is 9.47 Å². The van der Waals surface area contributed by atoms with Gasteiger partial charge in [-0.15, -0.1) is 0 Å². The Hall–Kier alpha value is -12.4. The van der Waals surface area contributed by atoms with Gasteiger partial charge in [0.05, 0.1) is 33.6 Å². The van der Waals surface area contributed by atoms with Crippen molar-refractivity contribution >= 4 is 0 Å². The zero-order chi connectivity index (χ0) is 62.8. The van der Waals surface area contributed by atoms with Gasteiger partial charge in [0, 0.05) is 67.5 Å². The monoisotopic (exact) mass is 1220 g/mol. The molecule has 96 heavy (non-hydrogen) atoms. The summed E-state index contributed by atoms with van der Waals surface area (Å²) in [5.41, 5.74) is 30.2. The second-order valence-corrected chi connectivity index (χ2v) is 26.1. The fraction of sp³-hybridized carbons (Fsp3) is 0.0444. The summed E-state index contributed by atoms with van der Waals surface area (Å²) in [6, 6.07) is 114. The highest BCUT2D eigenvalue weighted by atomic mass is 16.5. The van der Waals surface area contributed by atoms with Crippen LogP contribution in [0.4, 0.5) is 0 Å². The Morgan fingerprint density at radius 1 is 0.208 bits per heavy atom. The zero-order valence-corrected chi connectivity index (χ0v) is 51.8. The fourth-order valence-electron chi connectivity index (χ4n) is 17.5. The van der Waals surface area contributed by atoms with E-state index in [1.807, 2.05) is 0 Å². The first kappa shape index (κ1) is 53.2. The molecule has 0 N–H and O–H groups in total. The largest absolute Gasteiger partial charge is 0.457 e. The van der Waals surface area contributed by atoms with Crippen LogP contribution < -0.4 is 9.47 Å². The van der Waals surface area contributed by atoms with Crippen LogP contribution in [0.15, 0.2) is 315 Å². The number of fused-ring (bicyclic) bond motifs is 18. The first-order valence-corrected chi connectivity index (χ1v) is 33.1. The Balaban J connectivity index is 0.692. The van der Waals surface area contributed by atoms with E-state index >= 15 is 0 Å². The van der Waals surface area contributed by atoms with Crippen molar-refractivity contribution in [3.63, 3.8) is 0 Å². The molecule has 4 heterocycles. The summed E-state index contributed by atoms with van der Waals surface area (Å²) in [5, 5.41) is 0. The summed E-state index contributed by atoms with van der Waals surface area (Å²) in [5.74, 6) is 4.66. The Kier molecular flexibility index (Phi) is 11.1. The van der Waals surface area contributed by atoms with Gasteiger partial charge in [0.15, 0.2) is 11.6 Å². The maximum absolute atomic E-state index is 6.88. The number of benzene rings is 13. The molecule has 446 valence electrons. The minimum Gasteiger partial charge on any atom is -0.457 e. The highest BCUT2D eigenvalue weighted by molar-refractivity contribution is 5.92. The van der Waals surface area contributed by atoms with E-state index in [1.165, 1.54) is 77.9 Å². The van der Waals surface area contributed by atoms with E-state index in [0.717, 1.165) is 101 Å². The van der Waals surface area contributed by atoms with Crippen LogP contribution in [0.25, 0.3) is 90.1 Å². The van der Waals surface area contributed by atoms with Crippen LogP contribution in [0.3, 0.4) is 0 Å². The Morgan fingerprint density at radius 3 is 0.906 bits per heavy atom. The lowest BCUT2D eigenvalue weighted by atomic mass is 9.61. The predicted octanol–water partition coefficient (Wildman–Crippen LogP) is 21.2. The number of para-hydroxylation sites is 2. The van der Waals surface area contributed by atoms with Crippen molar-refractivity contribution in [3.8, 4) is 113 Å². The summed E-state index contributed by atoms with van der Waals surface area (Å²) in [6.07, 6.45) is 0. The molecular weight excluding hydrogens is 1170 g/mol. The van der Waals surface area contributed by atoms with Crippen molar-refractivity contribution < 1.29 is 9.47 Å². The molecule has 6 nitrogen and oxygen atoms in total. The van der Waals surface area contributed by atoms with E-state index in [2.05, 4.69) is 315 Å². The molecule has 0 fully saturated rings. The molecule has 2 atom stereocenters. The lowest BCUT2D eigenvalue weighted by molar-refractivity contribution is 0.436. The topological polar surface area (TPSA) is 70.0 Å². The number of ether oxygens (including phenoxy) is 2. The van der Waals surface area contributed by atoms with Gasteiger partial charge in [-0.3, -0.25) is 0 Å². The van der Waals surface area contributed by atoms with Crippen molar-refractivity contribution in [2.75, 3.05) is 0 Å². The first-order chi connectivity index (χ1) is 47.6. The third-order valence-corrected chi connectivity index (χ3v) is 21.4. The van der Waals surface area contributed by atoms with Gasteiger partial charge in [0.2, 0.25) is 0 Å². The molecule has 2 bridgehead atoms. The molecular formula is C90H54N4O2. The molecule has 2 aliphatic heterocycles. The van der Waals surface area contributed by atoms with Gasteiger partial charge in [0.25, 0.3) is 0 Å². The molecule has 7 aliphatic rings. The van der Waals surface area contributed by atoms with Crippen molar-refractivity contribution in [1.82, 2.24) is 19.9 Å². The minimum absolute atomic E-state index is 0.0352. The highest BCUT2D eigenvalue weighted by Gasteiger charge is 2.53. The van der Waals surface area contributed by atoms with Crippen LogP contribution in [0.5, 0.6) is 23.0 Å². The number of aromatic nitrogens is 4. The predicted molar refractivity (Wildman–Crippen MR) is 380 cm³/mol. The first-order valence-electron chi connectivity index (χ1n) is 33.1. The molecule has 2 aromatic heterocycles. The van der Waals surface area contributed by atoms with Gasteiger partial charge in [-0.2, -0.15) is 0 Å². The molecule has 0 saturated carbocycles. The molecule has 22 rings (SSSR count). The van der Waals surface area contributed by atoms with Crippen LogP contribution >= 0.6 is 0 Å². The third kappa shape index (κ3) is 7.35. The number of hydrogen-bond acceptors (Lipinski definition) is 6. The molecule has 2 unspecified atom stereocenters. The molecule has 13 aromatic carbocycles. The van der Waals surface area contributed by atoms with E-state index < -0.39 is 10.8 Å². The molecule has 6 heteroatoms. The van der Waals surface area contributed by atoms with Crippen molar-refractivity contribution in [2.45, 2.75) is 22.7 Å². The van der Waals surface area contributed by atoms with Crippen molar-refractivity contribution in [3.05, 3.63) is 393 Å².